The lowest BCUT2D eigenvalue weighted by Gasteiger charge is -2.39. The number of rotatable bonds is 4. The second-order valence-electron chi connectivity index (χ2n) is 5.77. The Bertz CT molecular complexity index is 449. The van der Waals surface area contributed by atoms with Crippen LogP contribution in [0.5, 0.6) is 0 Å². The molecule has 2 atom stereocenters. The van der Waals surface area contributed by atoms with Gasteiger partial charge in [0.05, 0.1) is 10.7 Å². The van der Waals surface area contributed by atoms with E-state index in [9.17, 15) is 0 Å². The molecule has 0 radical (unpaired) electrons. The highest BCUT2D eigenvalue weighted by atomic mass is 35.5. The number of halogens is 1. The van der Waals surface area contributed by atoms with Gasteiger partial charge in [0.2, 0.25) is 0 Å². The molecule has 2 unspecified atom stereocenters. The third-order valence-corrected chi connectivity index (χ3v) is 4.59. The minimum absolute atomic E-state index is 0.345. The van der Waals surface area contributed by atoms with Crippen LogP contribution in [0.3, 0.4) is 0 Å². The summed E-state index contributed by atoms with van der Waals surface area (Å²) in [6, 6.07) is 7.38. The topological polar surface area (TPSA) is 18.5 Å². The zero-order valence-corrected chi connectivity index (χ0v) is 13.7. The fourth-order valence-corrected chi connectivity index (χ4v) is 3.05. The molecule has 1 fully saturated rings. The van der Waals surface area contributed by atoms with Gasteiger partial charge in [-0.05, 0) is 45.1 Å². The highest BCUT2D eigenvalue weighted by Gasteiger charge is 2.22. The van der Waals surface area contributed by atoms with Gasteiger partial charge in [-0.15, -0.1) is 0 Å². The van der Waals surface area contributed by atoms with Gasteiger partial charge in [-0.3, -0.25) is 0 Å². The lowest BCUT2D eigenvalue weighted by molar-refractivity contribution is 0.234. The van der Waals surface area contributed by atoms with Crippen LogP contribution >= 0.6 is 11.6 Å². The van der Waals surface area contributed by atoms with Crippen LogP contribution in [-0.2, 0) is 0 Å². The molecule has 1 aromatic carbocycles. The summed E-state index contributed by atoms with van der Waals surface area (Å²) >= 11 is 6.51. The Kier molecular flexibility index (Phi) is 5.30. The van der Waals surface area contributed by atoms with Crippen molar-refractivity contribution in [3.63, 3.8) is 0 Å². The summed E-state index contributed by atoms with van der Waals surface area (Å²) in [5.41, 5.74) is 2.42. The molecule has 0 spiro atoms. The zero-order chi connectivity index (χ0) is 14.7. The van der Waals surface area contributed by atoms with Gasteiger partial charge in [0.1, 0.15) is 0 Å². The van der Waals surface area contributed by atoms with Gasteiger partial charge in [0, 0.05) is 31.7 Å². The number of hydrogen-bond donors (Lipinski definition) is 1. The number of anilines is 1. The maximum atomic E-state index is 6.51. The highest BCUT2D eigenvalue weighted by molar-refractivity contribution is 6.33. The third-order valence-electron chi connectivity index (χ3n) is 4.28. The molecule has 0 bridgehead atoms. The van der Waals surface area contributed by atoms with Crippen LogP contribution in [0.2, 0.25) is 5.02 Å². The smallest absolute Gasteiger partial charge is 0.0642 e. The van der Waals surface area contributed by atoms with E-state index in [1.54, 1.807) is 0 Å². The maximum Gasteiger partial charge on any atom is 0.0642 e. The molecule has 1 heterocycles. The van der Waals surface area contributed by atoms with Gasteiger partial charge in [-0.1, -0.05) is 24.6 Å². The van der Waals surface area contributed by atoms with Crippen molar-refractivity contribution in [2.45, 2.75) is 32.9 Å². The summed E-state index contributed by atoms with van der Waals surface area (Å²) in [5, 5.41) is 4.29. The molecule has 3 nitrogen and oxygen atoms in total. The Morgan fingerprint density at radius 3 is 2.75 bits per heavy atom. The number of likely N-dealkylation sites (N-methyl/N-ethyl adjacent to an activating group) is 1. The van der Waals surface area contributed by atoms with Crippen molar-refractivity contribution in [3.8, 4) is 0 Å². The summed E-state index contributed by atoms with van der Waals surface area (Å²) in [7, 11) is 2.19. The second kappa shape index (κ2) is 6.79. The number of piperazine rings is 1. The Morgan fingerprint density at radius 1 is 1.40 bits per heavy atom. The molecule has 2 rings (SSSR count). The second-order valence-corrected chi connectivity index (χ2v) is 6.17. The van der Waals surface area contributed by atoms with Gasteiger partial charge in [-0.2, -0.15) is 0 Å². The minimum Gasteiger partial charge on any atom is -0.367 e. The van der Waals surface area contributed by atoms with E-state index >= 15 is 0 Å². The number of hydrogen-bond acceptors (Lipinski definition) is 3. The van der Waals surface area contributed by atoms with Crippen molar-refractivity contribution in [1.29, 1.82) is 0 Å². The van der Waals surface area contributed by atoms with Crippen LogP contribution in [0.25, 0.3) is 0 Å². The molecular weight excluding hydrogens is 270 g/mol. The largest absolute Gasteiger partial charge is 0.367 e. The zero-order valence-electron chi connectivity index (χ0n) is 13.0. The Morgan fingerprint density at radius 2 is 2.15 bits per heavy atom. The van der Waals surface area contributed by atoms with E-state index in [4.69, 9.17) is 11.6 Å². The fraction of sp³-hybridized carbons (Fsp3) is 0.625. The van der Waals surface area contributed by atoms with Gasteiger partial charge in [-0.25, -0.2) is 0 Å². The Hall–Kier alpha value is -0.770. The van der Waals surface area contributed by atoms with E-state index in [2.05, 4.69) is 61.1 Å². The monoisotopic (exact) mass is 295 g/mol. The lowest BCUT2D eigenvalue weighted by atomic mass is 10.1. The summed E-state index contributed by atoms with van der Waals surface area (Å²) in [6.45, 7) is 10.7. The van der Waals surface area contributed by atoms with Gasteiger partial charge < -0.3 is 15.1 Å². The molecule has 1 saturated heterocycles. The molecule has 1 aliphatic heterocycles. The van der Waals surface area contributed by atoms with Gasteiger partial charge in [0.25, 0.3) is 0 Å². The third kappa shape index (κ3) is 3.46. The van der Waals surface area contributed by atoms with Crippen LogP contribution in [0.1, 0.15) is 32.4 Å². The fourth-order valence-electron chi connectivity index (χ4n) is 2.74. The SMILES string of the molecule is CCNC(C)c1ccc(N2CCN(C)C(C)C2)c(Cl)c1. The van der Waals surface area contributed by atoms with Crippen molar-refractivity contribution >= 4 is 17.3 Å². The van der Waals surface area contributed by atoms with Gasteiger partial charge >= 0.3 is 0 Å². The predicted octanol–water partition coefficient (Wildman–Crippen LogP) is 3.15. The van der Waals surface area contributed by atoms with E-state index in [-0.39, 0.29) is 0 Å². The summed E-state index contributed by atoms with van der Waals surface area (Å²) < 4.78 is 0. The molecule has 112 valence electrons. The van der Waals surface area contributed by atoms with Crippen molar-refractivity contribution < 1.29 is 0 Å². The van der Waals surface area contributed by atoms with Crippen molar-refractivity contribution in [2.24, 2.45) is 0 Å². The predicted molar refractivity (Wildman–Crippen MR) is 87.8 cm³/mol. The van der Waals surface area contributed by atoms with E-state index in [0.29, 0.717) is 12.1 Å². The molecule has 0 aliphatic carbocycles. The van der Waals surface area contributed by atoms with E-state index in [1.165, 1.54) is 11.3 Å². The first-order valence-electron chi connectivity index (χ1n) is 7.51. The van der Waals surface area contributed by atoms with Crippen molar-refractivity contribution in [1.82, 2.24) is 10.2 Å². The first-order valence-corrected chi connectivity index (χ1v) is 7.88. The standard InChI is InChI=1S/C16H26ClN3/c1-5-18-13(3)14-6-7-16(15(17)10-14)20-9-8-19(4)12(2)11-20/h6-7,10,12-13,18H,5,8-9,11H2,1-4H3. The number of nitrogens with one attached hydrogen (secondary N) is 1. The molecular formula is C16H26ClN3. The van der Waals surface area contributed by atoms with Crippen LogP contribution in [0.15, 0.2) is 18.2 Å². The quantitative estimate of drug-likeness (QED) is 0.920. The number of nitrogens with zero attached hydrogens (tertiary/aromatic N) is 2. The average molecular weight is 296 g/mol. The molecule has 1 aliphatic rings. The van der Waals surface area contributed by atoms with Crippen molar-refractivity contribution in [2.75, 3.05) is 38.1 Å². The van der Waals surface area contributed by atoms with E-state index in [0.717, 1.165) is 31.2 Å². The average Bonchev–Trinajstić information content (AvgIpc) is 2.42. The van der Waals surface area contributed by atoms with Crippen LogP contribution in [0.4, 0.5) is 5.69 Å². The van der Waals surface area contributed by atoms with Crippen LogP contribution in [-0.4, -0.2) is 44.2 Å². The Labute approximate surface area is 127 Å². The first-order chi connectivity index (χ1) is 9.52. The molecule has 0 aromatic heterocycles. The molecule has 1 N–H and O–H groups in total. The first kappa shape index (κ1) is 15.6. The molecule has 0 amide bonds. The van der Waals surface area contributed by atoms with E-state index < -0.39 is 0 Å². The van der Waals surface area contributed by atoms with E-state index in [1.807, 2.05) is 0 Å². The highest BCUT2D eigenvalue weighted by Crippen LogP contribution is 2.30. The number of benzene rings is 1. The maximum absolute atomic E-state index is 6.51. The molecule has 1 aromatic rings. The summed E-state index contributed by atoms with van der Waals surface area (Å²) in [6.07, 6.45) is 0. The van der Waals surface area contributed by atoms with Crippen LogP contribution < -0.4 is 10.2 Å². The normalized spacial score (nSPS) is 22.1. The molecule has 20 heavy (non-hydrogen) atoms. The minimum atomic E-state index is 0.345. The molecule has 0 saturated carbocycles. The molecule has 4 heteroatoms. The summed E-state index contributed by atoms with van der Waals surface area (Å²) in [4.78, 5) is 4.79. The summed E-state index contributed by atoms with van der Waals surface area (Å²) in [5.74, 6) is 0. The van der Waals surface area contributed by atoms with Crippen LogP contribution in [0, 0.1) is 0 Å². The van der Waals surface area contributed by atoms with Gasteiger partial charge in [0.15, 0.2) is 0 Å². The Balaban J connectivity index is 2.13. The lowest BCUT2D eigenvalue weighted by Crippen LogP contribution is -2.50. The van der Waals surface area contributed by atoms with Crippen molar-refractivity contribution in [3.05, 3.63) is 28.8 Å².